The van der Waals surface area contributed by atoms with Crippen LogP contribution in [0.1, 0.15) is 28.0 Å². The van der Waals surface area contributed by atoms with Crippen molar-refractivity contribution >= 4 is 22.7 Å². The van der Waals surface area contributed by atoms with Gasteiger partial charge in [0.2, 0.25) is 5.91 Å². The second-order valence-corrected chi connectivity index (χ2v) is 6.52. The lowest BCUT2D eigenvalue weighted by molar-refractivity contribution is -0.119. The van der Waals surface area contributed by atoms with E-state index in [0.29, 0.717) is 25.2 Å². The Morgan fingerprint density at radius 3 is 2.71 bits per heavy atom. The smallest absolute Gasteiger partial charge is 0.253 e. The van der Waals surface area contributed by atoms with Gasteiger partial charge >= 0.3 is 0 Å². The minimum absolute atomic E-state index is 0.0519. The van der Waals surface area contributed by atoms with Crippen molar-refractivity contribution in [1.29, 1.82) is 0 Å². The largest absolute Gasteiger partial charge is 0.369 e. The maximum absolute atomic E-state index is 12.8. The molecule has 0 spiro atoms. The van der Waals surface area contributed by atoms with Gasteiger partial charge in [0.25, 0.3) is 5.91 Å². The lowest BCUT2D eigenvalue weighted by atomic mass is 10.1. The number of benzene rings is 1. The summed E-state index contributed by atoms with van der Waals surface area (Å²) in [4.78, 5) is 31.1. The molecular formula is C18H24N4O2. The molecule has 0 bridgehead atoms. The van der Waals surface area contributed by atoms with E-state index in [4.69, 9.17) is 5.73 Å². The number of fused-ring (bicyclic) bond motifs is 1. The van der Waals surface area contributed by atoms with Crippen LogP contribution in [-0.2, 0) is 4.79 Å². The van der Waals surface area contributed by atoms with Gasteiger partial charge in [-0.15, -0.1) is 0 Å². The minimum atomic E-state index is -0.321. The summed E-state index contributed by atoms with van der Waals surface area (Å²) < 4.78 is 0. The number of aromatic amines is 1. The summed E-state index contributed by atoms with van der Waals surface area (Å²) in [7, 11) is 0. The molecule has 0 aliphatic carbocycles. The monoisotopic (exact) mass is 328 g/mol. The number of carbonyl (C=O) groups is 2. The topological polar surface area (TPSA) is 82.4 Å². The highest BCUT2D eigenvalue weighted by Gasteiger charge is 2.21. The maximum Gasteiger partial charge on any atom is 0.253 e. The molecule has 0 unspecified atom stereocenters. The Kier molecular flexibility index (Phi) is 4.57. The van der Waals surface area contributed by atoms with Crippen LogP contribution in [-0.4, -0.2) is 59.3 Å². The first-order valence-electron chi connectivity index (χ1n) is 8.34. The van der Waals surface area contributed by atoms with Crippen LogP contribution in [0.2, 0.25) is 0 Å². The van der Waals surface area contributed by atoms with Crippen molar-refractivity contribution < 1.29 is 9.59 Å². The zero-order chi connectivity index (χ0) is 17.3. The molecule has 1 aromatic heterocycles. The van der Waals surface area contributed by atoms with Gasteiger partial charge in [0.1, 0.15) is 0 Å². The number of nitrogens with zero attached hydrogens (tertiary/aromatic N) is 2. The number of hydrogen-bond acceptors (Lipinski definition) is 3. The van der Waals surface area contributed by atoms with E-state index in [1.807, 2.05) is 34.9 Å². The molecule has 2 heterocycles. The molecule has 1 saturated heterocycles. The van der Waals surface area contributed by atoms with Crippen LogP contribution in [0.15, 0.2) is 18.2 Å². The summed E-state index contributed by atoms with van der Waals surface area (Å²) in [6.45, 7) is 7.17. The molecule has 0 atom stereocenters. The van der Waals surface area contributed by atoms with Crippen molar-refractivity contribution in [2.75, 3.05) is 32.7 Å². The molecule has 3 N–H and O–H groups in total. The fourth-order valence-corrected chi connectivity index (χ4v) is 3.33. The van der Waals surface area contributed by atoms with Crippen LogP contribution in [0, 0.1) is 13.8 Å². The first kappa shape index (κ1) is 16.5. The number of carbonyl (C=O) groups excluding carboxylic acids is 2. The number of aryl methyl sites for hydroxylation is 2. The quantitative estimate of drug-likeness (QED) is 0.894. The molecule has 0 saturated carbocycles. The average Bonchev–Trinajstić information content (AvgIpc) is 2.72. The summed E-state index contributed by atoms with van der Waals surface area (Å²) in [5, 5.41) is 1.10. The molecule has 1 aliphatic rings. The molecular weight excluding hydrogens is 304 g/mol. The fraction of sp³-hybridized carbons (Fsp3) is 0.444. The van der Waals surface area contributed by atoms with Crippen molar-refractivity contribution in [2.24, 2.45) is 5.73 Å². The SMILES string of the molecule is Cc1[nH]c2ccc(C(=O)N3CCCN(CC(N)=O)CC3)cc2c1C. The van der Waals surface area contributed by atoms with Crippen molar-refractivity contribution in [2.45, 2.75) is 20.3 Å². The molecule has 1 aliphatic heterocycles. The summed E-state index contributed by atoms with van der Waals surface area (Å²) in [5.74, 6) is -0.269. The number of rotatable bonds is 3. The maximum atomic E-state index is 12.8. The van der Waals surface area contributed by atoms with Crippen LogP contribution in [0.3, 0.4) is 0 Å². The highest BCUT2D eigenvalue weighted by Crippen LogP contribution is 2.23. The molecule has 6 heteroatoms. The van der Waals surface area contributed by atoms with Crippen molar-refractivity contribution in [3.63, 3.8) is 0 Å². The third-order valence-corrected chi connectivity index (χ3v) is 4.81. The van der Waals surface area contributed by atoms with E-state index >= 15 is 0 Å². The molecule has 0 radical (unpaired) electrons. The van der Waals surface area contributed by atoms with Crippen LogP contribution in [0.25, 0.3) is 10.9 Å². The lowest BCUT2D eigenvalue weighted by Crippen LogP contribution is -2.38. The number of H-pyrrole nitrogens is 1. The number of nitrogens with one attached hydrogen (secondary N) is 1. The van der Waals surface area contributed by atoms with Gasteiger partial charge in [0.05, 0.1) is 6.54 Å². The van der Waals surface area contributed by atoms with E-state index in [9.17, 15) is 9.59 Å². The van der Waals surface area contributed by atoms with Gasteiger partial charge in [-0.1, -0.05) is 0 Å². The number of amides is 2. The summed E-state index contributed by atoms with van der Waals surface area (Å²) in [6, 6.07) is 5.83. The normalized spacial score (nSPS) is 16.3. The van der Waals surface area contributed by atoms with Crippen molar-refractivity contribution in [3.8, 4) is 0 Å². The third-order valence-electron chi connectivity index (χ3n) is 4.81. The van der Waals surface area contributed by atoms with Gasteiger partial charge in [0.15, 0.2) is 0 Å². The molecule has 3 rings (SSSR count). The highest BCUT2D eigenvalue weighted by atomic mass is 16.2. The molecule has 2 amide bonds. The molecule has 2 aromatic rings. The summed E-state index contributed by atoms with van der Waals surface area (Å²) >= 11 is 0. The second-order valence-electron chi connectivity index (χ2n) is 6.52. The zero-order valence-electron chi connectivity index (χ0n) is 14.3. The Morgan fingerprint density at radius 1 is 1.17 bits per heavy atom. The van der Waals surface area contributed by atoms with Gasteiger partial charge < -0.3 is 15.6 Å². The average molecular weight is 328 g/mol. The van der Waals surface area contributed by atoms with Crippen LogP contribution in [0.5, 0.6) is 0 Å². The number of nitrogens with two attached hydrogens (primary N) is 1. The predicted molar refractivity (Wildman–Crippen MR) is 93.9 cm³/mol. The molecule has 24 heavy (non-hydrogen) atoms. The Labute approximate surface area is 141 Å². The predicted octanol–water partition coefficient (Wildman–Crippen LogP) is 1.42. The van der Waals surface area contributed by atoms with Crippen molar-refractivity contribution in [1.82, 2.24) is 14.8 Å². The Hall–Kier alpha value is -2.34. The van der Waals surface area contributed by atoms with E-state index in [1.54, 1.807) is 0 Å². The fourth-order valence-electron chi connectivity index (χ4n) is 3.33. The van der Waals surface area contributed by atoms with Gasteiger partial charge in [0, 0.05) is 48.3 Å². The van der Waals surface area contributed by atoms with E-state index in [0.717, 1.165) is 29.6 Å². The Bertz CT molecular complexity index is 781. The van der Waals surface area contributed by atoms with Crippen LogP contribution >= 0.6 is 0 Å². The number of primary amides is 1. The third kappa shape index (κ3) is 3.28. The lowest BCUT2D eigenvalue weighted by Gasteiger charge is -2.21. The minimum Gasteiger partial charge on any atom is -0.369 e. The van der Waals surface area contributed by atoms with Crippen molar-refractivity contribution in [3.05, 3.63) is 35.0 Å². The van der Waals surface area contributed by atoms with E-state index in [-0.39, 0.29) is 18.4 Å². The first-order chi connectivity index (χ1) is 11.5. The van der Waals surface area contributed by atoms with Crippen LogP contribution < -0.4 is 5.73 Å². The second kappa shape index (κ2) is 6.65. The van der Waals surface area contributed by atoms with Gasteiger partial charge in [-0.25, -0.2) is 0 Å². The summed E-state index contributed by atoms with van der Waals surface area (Å²) in [5.41, 5.74) is 9.36. The zero-order valence-corrected chi connectivity index (χ0v) is 14.3. The summed E-state index contributed by atoms with van der Waals surface area (Å²) in [6.07, 6.45) is 0.851. The van der Waals surface area contributed by atoms with Gasteiger partial charge in [-0.3, -0.25) is 14.5 Å². The number of hydrogen-bond donors (Lipinski definition) is 2. The molecule has 1 aromatic carbocycles. The molecule has 6 nitrogen and oxygen atoms in total. The molecule has 1 fully saturated rings. The van der Waals surface area contributed by atoms with Crippen LogP contribution in [0.4, 0.5) is 0 Å². The molecule has 128 valence electrons. The Morgan fingerprint density at radius 2 is 1.96 bits per heavy atom. The van der Waals surface area contributed by atoms with Gasteiger partial charge in [-0.2, -0.15) is 0 Å². The standard InChI is InChI=1S/C18H24N4O2/c1-12-13(2)20-16-5-4-14(10-15(12)16)18(24)22-7-3-6-21(8-9-22)11-17(19)23/h4-5,10,20H,3,6-9,11H2,1-2H3,(H2,19,23). The Balaban J connectivity index is 1.76. The van der Waals surface area contributed by atoms with E-state index in [1.165, 1.54) is 5.56 Å². The van der Waals surface area contributed by atoms with E-state index < -0.39 is 0 Å². The van der Waals surface area contributed by atoms with E-state index in [2.05, 4.69) is 11.9 Å². The van der Waals surface area contributed by atoms with Gasteiger partial charge in [-0.05, 0) is 44.0 Å². The highest BCUT2D eigenvalue weighted by molar-refractivity contribution is 5.99. The first-order valence-corrected chi connectivity index (χ1v) is 8.34. The number of aromatic nitrogens is 1.